The Bertz CT molecular complexity index is 2210. The molecule has 10 rings (SSSR count). The minimum atomic E-state index is -0.941. The van der Waals surface area contributed by atoms with Gasteiger partial charge in [0.2, 0.25) is 11.8 Å². The van der Waals surface area contributed by atoms with E-state index in [0.29, 0.717) is 40.9 Å². The first-order chi connectivity index (χ1) is 28.3. The molecule has 4 heterocycles. The van der Waals surface area contributed by atoms with Gasteiger partial charge in [-0.05, 0) is 133 Å². The van der Waals surface area contributed by atoms with Gasteiger partial charge in [0.1, 0.15) is 11.8 Å². The van der Waals surface area contributed by atoms with E-state index < -0.39 is 23.8 Å². The van der Waals surface area contributed by atoms with Gasteiger partial charge in [0, 0.05) is 62.3 Å². The summed E-state index contributed by atoms with van der Waals surface area (Å²) in [6.45, 7) is 3.60. The van der Waals surface area contributed by atoms with E-state index in [-0.39, 0.29) is 24.7 Å². The molecule has 3 fully saturated rings. The zero-order chi connectivity index (χ0) is 39.5. The largest absolute Gasteiger partial charge is 0.508 e. The highest BCUT2D eigenvalue weighted by molar-refractivity contribution is 6.23. The SMILES string of the molecule is O=C1CCC(N2C(=O)c3cc4c(cc3C2=O)CN(C2CCC(NC3CCN(c5ccc([C@@H]6c7ccc(O)cc7CC[C@@H]6c6ccccc6)cc5)CC3)CC2)C4)C(=O)N1. The minimum absolute atomic E-state index is 0.115. The van der Waals surface area contributed by atoms with Gasteiger partial charge < -0.3 is 15.3 Å². The van der Waals surface area contributed by atoms with Crippen LogP contribution in [-0.4, -0.2) is 75.8 Å². The second-order valence-corrected chi connectivity index (χ2v) is 17.5. The first-order valence-corrected chi connectivity index (χ1v) is 21.4. The van der Waals surface area contributed by atoms with E-state index in [1.54, 1.807) is 0 Å². The Morgan fingerprint density at radius 2 is 1.31 bits per heavy atom. The summed E-state index contributed by atoms with van der Waals surface area (Å²) < 4.78 is 0. The van der Waals surface area contributed by atoms with Crippen molar-refractivity contribution < 1.29 is 24.3 Å². The van der Waals surface area contributed by atoms with Crippen LogP contribution in [0.25, 0.3) is 0 Å². The third-order valence-electron chi connectivity index (χ3n) is 14.1. The number of nitrogens with one attached hydrogen (secondary N) is 2. The summed E-state index contributed by atoms with van der Waals surface area (Å²) in [4.78, 5) is 57.0. The molecule has 0 radical (unpaired) electrons. The second-order valence-electron chi connectivity index (χ2n) is 17.5. The van der Waals surface area contributed by atoms with Gasteiger partial charge in [-0.3, -0.25) is 34.3 Å². The van der Waals surface area contributed by atoms with Gasteiger partial charge in [0.25, 0.3) is 11.8 Å². The van der Waals surface area contributed by atoms with Crippen LogP contribution in [-0.2, 0) is 29.1 Å². The fourth-order valence-electron chi connectivity index (χ4n) is 11.1. The van der Waals surface area contributed by atoms with E-state index >= 15 is 0 Å². The Morgan fingerprint density at radius 3 is 1.98 bits per heavy atom. The molecule has 1 unspecified atom stereocenters. The molecule has 2 saturated heterocycles. The fourth-order valence-corrected chi connectivity index (χ4v) is 11.1. The number of carbonyl (C=O) groups is 4. The number of fused-ring (bicyclic) bond motifs is 3. The molecule has 58 heavy (non-hydrogen) atoms. The lowest BCUT2D eigenvalue weighted by molar-refractivity contribution is -0.136. The maximum absolute atomic E-state index is 13.4. The highest BCUT2D eigenvalue weighted by Gasteiger charge is 2.46. The zero-order valence-electron chi connectivity index (χ0n) is 32.9. The zero-order valence-corrected chi connectivity index (χ0v) is 32.9. The molecule has 4 aliphatic heterocycles. The quantitative estimate of drug-likeness (QED) is 0.181. The summed E-state index contributed by atoms with van der Waals surface area (Å²) >= 11 is 0. The Morgan fingerprint density at radius 1 is 0.638 bits per heavy atom. The molecule has 10 nitrogen and oxygen atoms in total. The van der Waals surface area contributed by atoms with Crippen LogP contribution < -0.4 is 15.5 Å². The lowest BCUT2D eigenvalue weighted by Gasteiger charge is -2.39. The third kappa shape index (κ3) is 6.79. The number of imide groups is 2. The van der Waals surface area contributed by atoms with E-state index in [1.807, 2.05) is 24.3 Å². The van der Waals surface area contributed by atoms with E-state index in [0.717, 1.165) is 93.6 Å². The number of aryl methyl sites for hydroxylation is 1. The number of amides is 4. The fraction of sp³-hybridized carbons (Fsp3) is 0.417. The van der Waals surface area contributed by atoms with Crippen molar-refractivity contribution in [2.45, 2.75) is 113 Å². The van der Waals surface area contributed by atoms with Gasteiger partial charge in [-0.15, -0.1) is 0 Å². The highest BCUT2D eigenvalue weighted by atomic mass is 16.3. The van der Waals surface area contributed by atoms with Crippen molar-refractivity contribution in [2.75, 3.05) is 18.0 Å². The molecule has 6 aliphatic rings. The molecule has 10 heteroatoms. The Labute approximate surface area is 339 Å². The molecule has 4 amide bonds. The molecule has 0 aromatic heterocycles. The number of rotatable bonds is 7. The number of hydrogen-bond donors (Lipinski definition) is 3. The van der Waals surface area contributed by atoms with Crippen LogP contribution >= 0.6 is 0 Å². The van der Waals surface area contributed by atoms with E-state index in [9.17, 15) is 24.3 Å². The van der Waals surface area contributed by atoms with Crippen LogP contribution in [0.1, 0.15) is 124 Å². The molecule has 3 atom stereocenters. The van der Waals surface area contributed by atoms with Crippen LogP contribution in [0.2, 0.25) is 0 Å². The molecular weight excluding hydrogens is 727 g/mol. The highest BCUT2D eigenvalue weighted by Crippen LogP contribution is 2.47. The predicted octanol–water partition coefficient (Wildman–Crippen LogP) is 6.54. The predicted molar refractivity (Wildman–Crippen MR) is 221 cm³/mol. The maximum atomic E-state index is 13.4. The van der Waals surface area contributed by atoms with Crippen molar-refractivity contribution in [2.24, 2.45) is 0 Å². The lowest BCUT2D eigenvalue weighted by atomic mass is 9.69. The molecule has 1 saturated carbocycles. The van der Waals surface area contributed by atoms with Crippen molar-refractivity contribution >= 4 is 29.3 Å². The molecule has 0 spiro atoms. The van der Waals surface area contributed by atoms with Gasteiger partial charge >= 0.3 is 0 Å². The van der Waals surface area contributed by atoms with Crippen molar-refractivity contribution in [1.29, 1.82) is 0 Å². The standard InChI is InChI=1S/C48H51N5O5/c54-38-15-17-40-31(24-38)8-16-39(29-4-2-1-3-5-29)45(40)30-6-11-36(12-7-30)51-22-20-35(21-23-51)49-34-9-13-37(14-10-34)52-27-32-25-41-42(26-33(32)28-52)48(58)53(47(41)57)43-18-19-44(55)50-46(43)56/h1-7,11-12,15,17,24-26,34-35,37,39,43,45,49,54H,8-10,13-14,16,18-23,27-28H2,(H,50,55,56)/t34?,37?,39-,43?,45+/m1/s1. The number of piperidine rings is 2. The lowest BCUT2D eigenvalue weighted by Crippen LogP contribution is -2.54. The van der Waals surface area contributed by atoms with Crippen LogP contribution in [0.5, 0.6) is 5.75 Å². The van der Waals surface area contributed by atoms with Gasteiger partial charge in [-0.1, -0.05) is 48.5 Å². The summed E-state index contributed by atoms with van der Waals surface area (Å²) in [6, 6.07) is 30.4. The molecule has 4 aromatic carbocycles. The molecule has 298 valence electrons. The summed E-state index contributed by atoms with van der Waals surface area (Å²) in [6.07, 6.45) is 9.09. The van der Waals surface area contributed by atoms with Gasteiger partial charge in [-0.2, -0.15) is 0 Å². The van der Waals surface area contributed by atoms with E-state index in [4.69, 9.17) is 0 Å². The van der Waals surface area contributed by atoms with Gasteiger partial charge in [0.15, 0.2) is 0 Å². The first-order valence-electron chi connectivity index (χ1n) is 21.4. The van der Waals surface area contributed by atoms with Crippen LogP contribution in [0.4, 0.5) is 5.69 Å². The Hall–Kier alpha value is -5.32. The van der Waals surface area contributed by atoms with Crippen molar-refractivity contribution in [3.05, 3.63) is 129 Å². The van der Waals surface area contributed by atoms with E-state index in [2.05, 4.69) is 81.1 Å². The number of nitrogens with zero attached hydrogens (tertiary/aromatic N) is 3. The molecule has 4 aromatic rings. The third-order valence-corrected chi connectivity index (χ3v) is 14.1. The topological polar surface area (TPSA) is 122 Å². The normalized spacial score (nSPS) is 26.4. The molecule has 2 aliphatic carbocycles. The first kappa shape index (κ1) is 37.0. The number of aromatic hydroxyl groups is 1. The summed E-state index contributed by atoms with van der Waals surface area (Å²) in [5.41, 5.74) is 9.51. The molecular formula is C48H51N5O5. The van der Waals surface area contributed by atoms with E-state index in [1.165, 1.54) is 27.9 Å². The monoisotopic (exact) mass is 777 g/mol. The maximum Gasteiger partial charge on any atom is 0.262 e. The number of hydrogen-bond acceptors (Lipinski definition) is 8. The summed E-state index contributed by atoms with van der Waals surface area (Å²) in [5, 5.41) is 16.5. The van der Waals surface area contributed by atoms with Gasteiger partial charge in [-0.25, -0.2) is 0 Å². The summed E-state index contributed by atoms with van der Waals surface area (Å²) in [7, 11) is 0. The Kier molecular flexibility index (Phi) is 9.64. The van der Waals surface area contributed by atoms with Crippen molar-refractivity contribution in [3.63, 3.8) is 0 Å². The summed E-state index contributed by atoms with van der Waals surface area (Å²) in [5.74, 6) is -0.828. The number of phenolic OH excluding ortho intramolecular Hbond substituents is 1. The van der Waals surface area contributed by atoms with Crippen molar-refractivity contribution in [3.8, 4) is 5.75 Å². The number of carbonyl (C=O) groups excluding carboxylic acids is 4. The second kappa shape index (κ2) is 15.1. The number of benzene rings is 4. The average molecular weight is 778 g/mol. The Balaban J connectivity index is 0.716. The average Bonchev–Trinajstić information content (AvgIpc) is 3.77. The van der Waals surface area contributed by atoms with Crippen LogP contribution in [0.3, 0.4) is 0 Å². The number of anilines is 1. The minimum Gasteiger partial charge on any atom is -0.508 e. The van der Waals surface area contributed by atoms with Gasteiger partial charge in [0.05, 0.1) is 11.1 Å². The van der Waals surface area contributed by atoms with Crippen LogP contribution in [0, 0.1) is 0 Å². The molecule has 3 N–H and O–H groups in total. The smallest absolute Gasteiger partial charge is 0.262 e. The van der Waals surface area contributed by atoms with Crippen LogP contribution in [0.15, 0.2) is 84.9 Å². The van der Waals surface area contributed by atoms with Crippen molar-refractivity contribution in [1.82, 2.24) is 20.4 Å². The molecule has 0 bridgehead atoms. The number of phenols is 1.